The summed E-state index contributed by atoms with van der Waals surface area (Å²) < 4.78 is 0. The van der Waals surface area contributed by atoms with E-state index < -0.39 is 0 Å². The van der Waals surface area contributed by atoms with Gasteiger partial charge in [-0.15, -0.1) is 0 Å². The van der Waals surface area contributed by atoms with Gasteiger partial charge >= 0.3 is 0 Å². The lowest BCUT2D eigenvalue weighted by Crippen LogP contribution is -2.62. The van der Waals surface area contributed by atoms with Crippen molar-refractivity contribution < 1.29 is 0 Å². The Kier molecular flexibility index (Phi) is 8.89. The average molecular weight is 342 g/mol. The topological polar surface area (TPSA) is 98.2 Å². The first kappa shape index (κ1) is 20.0. The monoisotopic (exact) mass is 341 g/mol. The zero-order valence-electron chi connectivity index (χ0n) is 15.5. The fourth-order valence-electron chi connectivity index (χ4n) is 3.77. The molecule has 0 spiro atoms. The zero-order chi connectivity index (χ0) is 17.1. The van der Waals surface area contributed by atoms with Gasteiger partial charge in [-0.1, -0.05) is 13.3 Å². The molecule has 0 atom stereocenters. The molecule has 0 unspecified atom stereocenters. The molecule has 0 radical (unpaired) electrons. The first-order valence-electron chi connectivity index (χ1n) is 9.71. The molecule has 0 saturated carbocycles. The fraction of sp³-hybridized carbons (Fsp3) is 1.00. The predicted molar refractivity (Wildman–Crippen MR) is 101 cm³/mol. The number of rotatable bonds is 2. The van der Waals surface area contributed by atoms with Gasteiger partial charge in [0.1, 0.15) is 0 Å². The molecule has 3 saturated heterocycles. The molecule has 0 aromatic carbocycles. The molecule has 0 aliphatic carbocycles. The van der Waals surface area contributed by atoms with Crippen LogP contribution in [0.2, 0.25) is 0 Å². The Labute approximate surface area is 147 Å². The van der Waals surface area contributed by atoms with Gasteiger partial charge in [0.25, 0.3) is 0 Å². The van der Waals surface area contributed by atoms with Gasteiger partial charge in [0, 0.05) is 84.0 Å². The Morgan fingerprint density at radius 1 is 0.625 bits per heavy atom. The third-order valence-corrected chi connectivity index (χ3v) is 5.15. The van der Waals surface area contributed by atoms with Crippen LogP contribution in [0, 0.1) is 5.41 Å². The van der Waals surface area contributed by atoms with Crippen molar-refractivity contribution in [3.8, 4) is 0 Å². The summed E-state index contributed by atoms with van der Waals surface area (Å²) >= 11 is 0. The molecule has 2 bridgehead atoms. The molecule has 3 aliphatic rings. The van der Waals surface area contributed by atoms with Gasteiger partial charge in [0.2, 0.25) is 0 Å². The number of hydrogen-bond donors (Lipinski definition) is 7. The fourth-order valence-corrected chi connectivity index (χ4v) is 3.77. The summed E-state index contributed by atoms with van der Waals surface area (Å²) in [6.45, 7) is 13.8. The van der Waals surface area contributed by atoms with E-state index in [2.05, 4.69) is 38.8 Å². The Hall–Kier alpha value is -0.280. The highest BCUT2D eigenvalue weighted by Crippen LogP contribution is 2.21. The van der Waals surface area contributed by atoms with E-state index in [4.69, 9.17) is 5.73 Å². The van der Waals surface area contributed by atoms with Crippen LogP contribution in [0.3, 0.4) is 0 Å². The molecule has 142 valence electrons. The Balaban J connectivity index is 2.08. The second-order valence-corrected chi connectivity index (χ2v) is 7.67. The highest BCUT2D eigenvalue weighted by atomic mass is 15.1. The van der Waals surface area contributed by atoms with E-state index in [1.165, 1.54) is 12.8 Å². The highest BCUT2D eigenvalue weighted by molar-refractivity contribution is 4.93. The van der Waals surface area contributed by atoms with E-state index in [1.54, 1.807) is 0 Å². The van der Waals surface area contributed by atoms with Crippen molar-refractivity contribution in [1.29, 1.82) is 0 Å². The largest absolute Gasteiger partial charge is 0.322 e. The van der Waals surface area contributed by atoms with Crippen LogP contribution < -0.4 is 37.6 Å². The predicted octanol–water partition coefficient (Wildman–Crippen LogP) is -1.96. The van der Waals surface area contributed by atoms with Gasteiger partial charge in [0.15, 0.2) is 0 Å². The van der Waals surface area contributed by atoms with E-state index in [0.29, 0.717) is 0 Å². The lowest BCUT2D eigenvalue weighted by Gasteiger charge is -2.36. The summed E-state index contributed by atoms with van der Waals surface area (Å²) in [5, 5.41) is 21.6. The molecule has 3 heterocycles. The molecule has 3 fully saturated rings. The Morgan fingerprint density at radius 3 is 1.29 bits per heavy atom. The van der Waals surface area contributed by atoms with Gasteiger partial charge < -0.3 is 37.6 Å². The van der Waals surface area contributed by atoms with Gasteiger partial charge in [-0.05, 0) is 6.42 Å². The molecule has 3 rings (SSSR count). The summed E-state index contributed by atoms with van der Waals surface area (Å²) in [6.07, 6.45) is 2.45. The third kappa shape index (κ3) is 6.92. The van der Waals surface area contributed by atoms with Gasteiger partial charge in [-0.3, -0.25) is 0 Å². The van der Waals surface area contributed by atoms with E-state index in [-0.39, 0.29) is 11.0 Å². The number of hydrogen-bond acceptors (Lipinski definition) is 7. The summed E-state index contributed by atoms with van der Waals surface area (Å²) in [5.41, 5.74) is 6.64. The molecule has 0 amide bonds. The van der Waals surface area contributed by atoms with Crippen LogP contribution in [-0.4, -0.2) is 84.1 Å². The van der Waals surface area contributed by atoms with Crippen LogP contribution >= 0.6 is 0 Å². The molecule has 7 nitrogen and oxygen atoms in total. The molecule has 24 heavy (non-hydrogen) atoms. The van der Waals surface area contributed by atoms with E-state index in [9.17, 15) is 0 Å². The first-order valence-corrected chi connectivity index (χ1v) is 9.71. The smallest absolute Gasteiger partial charge is 0.0533 e. The molecule has 3 aliphatic heterocycles. The summed E-state index contributed by atoms with van der Waals surface area (Å²) in [7, 11) is 0. The van der Waals surface area contributed by atoms with Crippen molar-refractivity contribution in [3.05, 3.63) is 0 Å². The van der Waals surface area contributed by atoms with Gasteiger partial charge in [0.05, 0.1) is 5.54 Å². The second-order valence-electron chi connectivity index (χ2n) is 7.67. The van der Waals surface area contributed by atoms with E-state index >= 15 is 0 Å². The maximum Gasteiger partial charge on any atom is 0.0533 e. The SMILES string of the molecule is CCCC12CNCCNCC(N)(CNCCNC1)CNCCNC2. The standard InChI is InChI=1S/C17H39N7/c1-2-3-16-10-19-4-7-22-13-17(18,14-23-8-5-20-11-16)15-24-9-6-21-12-16/h19-24H,2-15,18H2,1H3. The van der Waals surface area contributed by atoms with Crippen LogP contribution in [0.4, 0.5) is 0 Å². The average Bonchev–Trinajstić information content (AvgIpc) is 2.57. The third-order valence-electron chi connectivity index (χ3n) is 5.15. The maximum absolute atomic E-state index is 6.61. The lowest BCUT2D eigenvalue weighted by atomic mass is 9.82. The Morgan fingerprint density at radius 2 is 0.958 bits per heavy atom. The molecular weight excluding hydrogens is 302 g/mol. The van der Waals surface area contributed by atoms with Gasteiger partial charge in [-0.25, -0.2) is 0 Å². The van der Waals surface area contributed by atoms with E-state index in [0.717, 1.165) is 78.5 Å². The van der Waals surface area contributed by atoms with Crippen molar-refractivity contribution in [3.63, 3.8) is 0 Å². The molecule has 8 N–H and O–H groups in total. The van der Waals surface area contributed by atoms with Crippen LogP contribution in [0.25, 0.3) is 0 Å². The molecule has 7 heteroatoms. The van der Waals surface area contributed by atoms with Crippen LogP contribution in [0.5, 0.6) is 0 Å². The summed E-state index contributed by atoms with van der Waals surface area (Å²) in [6, 6.07) is 0. The lowest BCUT2D eigenvalue weighted by molar-refractivity contribution is 0.221. The Bertz CT molecular complexity index is 293. The maximum atomic E-state index is 6.61. The quantitative estimate of drug-likeness (QED) is 0.313. The normalized spacial score (nSPS) is 35.2. The van der Waals surface area contributed by atoms with Crippen molar-refractivity contribution in [1.82, 2.24) is 31.9 Å². The molecule has 0 aromatic heterocycles. The second kappa shape index (κ2) is 10.7. The summed E-state index contributed by atoms with van der Waals surface area (Å²) in [4.78, 5) is 0. The van der Waals surface area contributed by atoms with E-state index in [1.807, 2.05) is 0 Å². The van der Waals surface area contributed by atoms with Crippen LogP contribution in [-0.2, 0) is 0 Å². The minimum atomic E-state index is -0.250. The van der Waals surface area contributed by atoms with Gasteiger partial charge in [-0.2, -0.15) is 0 Å². The highest BCUT2D eigenvalue weighted by Gasteiger charge is 2.29. The number of nitrogens with two attached hydrogens (primary N) is 1. The minimum Gasteiger partial charge on any atom is -0.322 e. The van der Waals surface area contributed by atoms with Crippen molar-refractivity contribution in [2.24, 2.45) is 11.1 Å². The van der Waals surface area contributed by atoms with Crippen molar-refractivity contribution in [2.75, 3.05) is 78.5 Å². The number of nitrogens with one attached hydrogen (secondary N) is 6. The van der Waals surface area contributed by atoms with Crippen LogP contribution in [0.15, 0.2) is 0 Å². The first-order chi connectivity index (χ1) is 11.7. The summed E-state index contributed by atoms with van der Waals surface area (Å²) in [5.74, 6) is 0. The minimum absolute atomic E-state index is 0.250. The molecule has 0 aromatic rings. The van der Waals surface area contributed by atoms with Crippen LogP contribution in [0.1, 0.15) is 19.8 Å². The van der Waals surface area contributed by atoms with Crippen molar-refractivity contribution >= 4 is 0 Å². The zero-order valence-corrected chi connectivity index (χ0v) is 15.5. The molecular formula is C17H39N7. The number of fused-ring (bicyclic) bond motifs is 15. The van der Waals surface area contributed by atoms with Crippen molar-refractivity contribution in [2.45, 2.75) is 25.3 Å².